The van der Waals surface area contributed by atoms with Gasteiger partial charge >= 0.3 is 11.9 Å². The number of anilines is 1. The quantitative estimate of drug-likeness (QED) is 0.334. The summed E-state index contributed by atoms with van der Waals surface area (Å²) in [6.07, 6.45) is 0.617. The van der Waals surface area contributed by atoms with Crippen LogP contribution < -0.4 is 4.31 Å². The number of carbonyl (C=O) groups excluding carboxylic acids is 2. The molecule has 0 N–H and O–H groups in total. The first-order valence-electron chi connectivity index (χ1n) is 9.50. The second-order valence-electron chi connectivity index (χ2n) is 6.47. The lowest BCUT2D eigenvalue weighted by molar-refractivity contribution is -0.144. The fourth-order valence-electron chi connectivity index (χ4n) is 2.69. The van der Waals surface area contributed by atoms with Crippen molar-refractivity contribution in [2.45, 2.75) is 36.6 Å². The van der Waals surface area contributed by atoms with Gasteiger partial charge in [-0.15, -0.1) is 0 Å². The summed E-state index contributed by atoms with van der Waals surface area (Å²) in [6.45, 7) is 3.00. The number of halogens is 2. The molecule has 10 heteroatoms. The lowest BCUT2D eigenvalue weighted by Gasteiger charge is -2.24. The highest BCUT2D eigenvalue weighted by Crippen LogP contribution is 2.25. The van der Waals surface area contributed by atoms with Gasteiger partial charge in [-0.05, 0) is 78.2 Å². The summed E-state index contributed by atoms with van der Waals surface area (Å²) in [5, 5.41) is 0.0324. The minimum Gasteiger partial charge on any atom is -0.465 e. The summed E-state index contributed by atoms with van der Waals surface area (Å²) < 4.78 is 37.4. The summed E-state index contributed by atoms with van der Waals surface area (Å²) in [4.78, 5) is 23.8. The van der Waals surface area contributed by atoms with Crippen molar-refractivity contribution in [1.29, 1.82) is 0 Å². The topological polar surface area (TPSA) is 90.0 Å². The van der Waals surface area contributed by atoms with Crippen molar-refractivity contribution >= 4 is 55.2 Å². The third kappa shape index (κ3) is 7.52. The van der Waals surface area contributed by atoms with Gasteiger partial charge in [0.05, 0.1) is 17.2 Å². The lowest BCUT2D eigenvalue weighted by atomic mass is 10.1. The van der Waals surface area contributed by atoms with Gasteiger partial charge in [0.2, 0.25) is 0 Å². The standard InChI is InChI=1S/C21H23BrClNO6S/c1-3-29-21(26)14-24(31(27,28)19-11-7-17(23)8-12-19)18-9-4-16(5-10-18)6-13-20(25)30-15(2)22/h4-5,7-12,15H,3,6,13-14H2,1-2H3. The van der Waals surface area contributed by atoms with E-state index in [-0.39, 0.29) is 28.9 Å². The van der Waals surface area contributed by atoms with Gasteiger partial charge in [-0.25, -0.2) is 8.42 Å². The highest BCUT2D eigenvalue weighted by atomic mass is 79.9. The van der Waals surface area contributed by atoms with Crippen molar-refractivity contribution in [2.75, 3.05) is 17.5 Å². The second kappa shape index (κ2) is 11.5. The van der Waals surface area contributed by atoms with Crippen molar-refractivity contribution < 1.29 is 27.5 Å². The van der Waals surface area contributed by atoms with E-state index < -0.39 is 22.5 Å². The Morgan fingerprint density at radius 1 is 1.06 bits per heavy atom. The van der Waals surface area contributed by atoms with E-state index in [0.717, 1.165) is 9.87 Å². The first-order valence-corrected chi connectivity index (χ1v) is 12.2. The minimum atomic E-state index is -4.04. The number of nitrogens with zero attached hydrogens (tertiary/aromatic N) is 1. The maximum Gasteiger partial charge on any atom is 0.326 e. The van der Waals surface area contributed by atoms with Crippen LogP contribution in [0.25, 0.3) is 0 Å². The fourth-order valence-corrected chi connectivity index (χ4v) is 4.43. The van der Waals surface area contributed by atoms with Crippen LogP contribution in [0.4, 0.5) is 5.69 Å². The molecule has 2 aromatic carbocycles. The number of hydrogen-bond donors (Lipinski definition) is 0. The molecule has 168 valence electrons. The molecule has 0 saturated carbocycles. The molecule has 1 unspecified atom stereocenters. The number of ether oxygens (including phenoxy) is 2. The summed E-state index contributed by atoms with van der Waals surface area (Å²) in [6, 6.07) is 12.3. The number of carbonyl (C=O) groups is 2. The Labute approximate surface area is 195 Å². The maximum atomic E-state index is 13.2. The SMILES string of the molecule is CCOC(=O)CN(c1ccc(CCC(=O)OC(C)Br)cc1)S(=O)(=O)c1ccc(Cl)cc1. The summed E-state index contributed by atoms with van der Waals surface area (Å²) in [5.74, 6) is -1.02. The second-order valence-corrected chi connectivity index (χ2v) is 10.1. The molecule has 7 nitrogen and oxygen atoms in total. The molecule has 0 heterocycles. The molecule has 0 aliphatic rings. The van der Waals surface area contributed by atoms with Gasteiger partial charge < -0.3 is 9.47 Å². The van der Waals surface area contributed by atoms with Crippen LogP contribution >= 0.6 is 27.5 Å². The van der Waals surface area contributed by atoms with Gasteiger partial charge in [-0.3, -0.25) is 13.9 Å². The number of rotatable bonds is 10. The van der Waals surface area contributed by atoms with Crippen LogP contribution in [-0.4, -0.2) is 38.5 Å². The highest BCUT2D eigenvalue weighted by Gasteiger charge is 2.27. The van der Waals surface area contributed by atoms with Crippen LogP contribution in [0.5, 0.6) is 0 Å². The predicted molar refractivity (Wildman–Crippen MR) is 122 cm³/mol. The van der Waals surface area contributed by atoms with Crippen molar-refractivity contribution in [1.82, 2.24) is 0 Å². The van der Waals surface area contributed by atoms with Crippen LogP contribution in [0.15, 0.2) is 53.4 Å². The Bertz CT molecular complexity index is 994. The molecule has 0 radical (unpaired) electrons. The molecule has 31 heavy (non-hydrogen) atoms. The van der Waals surface area contributed by atoms with Gasteiger partial charge in [0.25, 0.3) is 10.0 Å². The minimum absolute atomic E-state index is 0.00286. The average molecular weight is 533 g/mol. The number of esters is 2. The first kappa shape index (κ1) is 25.2. The van der Waals surface area contributed by atoms with E-state index in [0.29, 0.717) is 17.1 Å². The molecule has 0 amide bonds. The van der Waals surface area contributed by atoms with Crippen LogP contribution in [-0.2, 0) is 35.5 Å². The van der Waals surface area contributed by atoms with Gasteiger partial charge in [-0.1, -0.05) is 23.7 Å². The van der Waals surface area contributed by atoms with E-state index in [1.165, 1.54) is 24.3 Å². The van der Waals surface area contributed by atoms with E-state index in [1.54, 1.807) is 38.1 Å². The first-order chi connectivity index (χ1) is 14.6. The maximum absolute atomic E-state index is 13.2. The molecule has 2 aromatic rings. The van der Waals surface area contributed by atoms with E-state index in [9.17, 15) is 18.0 Å². The number of aryl methyl sites for hydroxylation is 1. The Balaban J connectivity index is 2.26. The largest absolute Gasteiger partial charge is 0.465 e. The molecule has 0 aliphatic carbocycles. The molecule has 2 rings (SSSR count). The number of benzene rings is 2. The van der Waals surface area contributed by atoms with E-state index in [4.69, 9.17) is 21.1 Å². The zero-order valence-corrected chi connectivity index (χ0v) is 20.2. The molecule has 0 saturated heterocycles. The van der Waals surface area contributed by atoms with Gasteiger partial charge in [0.15, 0.2) is 5.01 Å². The van der Waals surface area contributed by atoms with Crippen molar-refractivity contribution in [3.63, 3.8) is 0 Å². The molecule has 0 spiro atoms. The van der Waals surface area contributed by atoms with Crippen molar-refractivity contribution in [3.05, 3.63) is 59.1 Å². The van der Waals surface area contributed by atoms with E-state index >= 15 is 0 Å². The van der Waals surface area contributed by atoms with Crippen molar-refractivity contribution in [2.24, 2.45) is 0 Å². The monoisotopic (exact) mass is 531 g/mol. The number of sulfonamides is 1. The van der Waals surface area contributed by atoms with E-state index in [1.807, 2.05) is 0 Å². The molecule has 0 aromatic heterocycles. The van der Waals surface area contributed by atoms with Crippen LogP contribution in [0, 0.1) is 0 Å². The van der Waals surface area contributed by atoms with Gasteiger partial charge in [-0.2, -0.15) is 0 Å². The van der Waals surface area contributed by atoms with Crippen LogP contribution in [0.2, 0.25) is 5.02 Å². The van der Waals surface area contributed by atoms with Crippen LogP contribution in [0.3, 0.4) is 0 Å². The Kier molecular flexibility index (Phi) is 9.33. The van der Waals surface area contributed by atoms with Crippen LogP contribution in [0.1, 0.15) is 25.8 Å². The Hall–Kier alpha value is -2.10. The zero-order valence-electron chi connectivity index (χ0n) is 17.1. The molecule has 1 atom stereocenters. The van der Waals surface area contributed by atoms with Gasteiger partial charge in [0, 0.05) is 11.4 Å². The Morgan fingerprint density at radius 3 is 2.23 bits per heavy atom. The molecule has 0 aliphatic heterocycles. The fraction of sp³-hybridized carbons (Fsp3) is 0.333. The highest BCUT2D eigenvalue weighted by molar-refractivity contribution is 9.09. The molecule has 0 fully saturated rings. The molecular formula is C21H23BrClNO6S. The summed E-state index contributed by atoms with van der Waals surface area (Å²) >= 11 is 9.01. The number of hydrogen-bond acceptors (Lipinski definition) is 6. The average Bonchev–Trinajstić information content (AvgIpc) is 2.71. The van der Waals surface area contributed by atoms with Gasteiger partial charge in [0.1, 0.15) is 6.54 Å². The van der Waals surface area contributed by atoms with E-state index in [2.05, 4.69) is 15.9 Å². The summed E-state index contributed by atoms with van der Waals surface area (Å²) in [5.41, 5.74) is 1.12. The number of alkyl halides is 1. The zero-order chi connectivity index (χ0) is 23.0. The molecule has 0 bridgehead atoms. The summed E-state index contributed by atoms with van der Waals surface area (Å²) in [7, 11) is -4.04. The predicted octanol–water partition coefficient (Wildman–Crippen LogP) is 4.32. The molecular weight excluding hydrogens is 510 g/mol. The van der Waals surface area contributed by atoms with Crippen molar-refractivity contribution in [3.8, 4) is 0 Å². The third-order valence-corrected chi connectivity index (χ3v) is 6.34. The lowest BCUT2D eigenvalue weighted by Crippen LogP contribution is -2.36. The smallest absolute Gasteiger partial charge is 0.326 e. The normalized spacial score (nSPS) is 12.1. The Morgan fingerprint density at radius 2 is 1.68 bits per heavy atom. The third-order valence-electron chi connectivity index (χ3n) is 4.12.